The lowest BCUT2D eigenvalue weighted by atomic mass is 9.65. The van der Waals surface area contributed by atoms with Crippen molar-refractivity contribution in [3.05, 3.63) is 35.4 Å². The molecule has 19 heavy (non-hydrogen) atoms. The van der Waals surface area contributed by atoms with Crippen LogP contribution in [0.1, 0.15) is 45.6 Å². The molecule has 2 rings (SSSR count). The summed E-state index contributed by atoms with van der Waals surface area (Å²) in [5.41, 5.74) is -0.357. The second-order valence-electron chi connectivity index (χ2n) is 6.25. The molecule has 0 N–H and O–H groups in total. The Morgan fingerprint density at radius 1 is 1.21 bits per heavy atom. The third-order valence-corrected chi connectivity index (χ3v) is 4.38. The minimum Gasteiger partial charge on any atom is -0.299 e. The zero-order valence-electron chi connectivity index (χ0n) is 11.7. The molecule has 0 amide bonds. The van der Waals surface area contributed by atoms with Gasteiger partial charge in [0.2, 0.25) is 0 Å². The standard InChI is InChI=1S/C16H20F2O/c1-10-4-6-12(15(19)8-10)16(2,3)13-9-11(17)5-7-14(13)18/h5,7,9-10,12H,4,6,8H2,1-3H3. The van der Waals surface area contributed by atoms with Crippen molar-refractivity contribution in [2.45, 2.75) is 45.4 Å². The van der Waals surface area contributed by atoms with E-state index in [9.17, 15) is 13.6 Å². The Bertz CT molecular complexity index is 494. The summed E-state index contributed by atoms with van der Waals surface area (Å²) in [6.07, 6.45) is 2.27. The summed E-state index contributed by atoms with van der Waals surface area (Å²) in [6, 6.07) is 3.47. The van der Waals surface area contributed by atoms with Crippen LogP contribution in [-0.4, -0.2) is 5.78 Å². The topological polar surface area (TPSA) is 17.1 Å². The minimum absolute atomic E-state index is 0.174. The summed E-state index contributed by atoms with van der Waals surface area (Å²) in [4.78, 5) is 12.2. The van der Waals surface area contributed by atoms with E-state index in [1.807, 2.05) is 13.8 Å². The smallest absolute Gasteiger partial charge is 0.137 e. The van der Waals surface area contributed by atoms with Gasteiger partial charge in [-0.25, -0.2) is 8.78 Å². The van der Waals surface area contributed by atoms with Crippen LogP contribution in [0.4, 0.5) is 8.78 Å². The Labute approximate surface area is 113 Å². The van der Waals surface area contributed by atoms with Gasteiger partial charge in [-0.1, -0.05) is 20.8 Å². The molecule has 0 saturated heterocycles. The van der Waals surface area contributed by atoms with Crippen LogP contribution in [0.5, 0.6) is 0 Å². The monoisotopic (exact) mass is 266 g/mol. The van der Waals surface area contributed by atoms with Gasteiger partial charge < -0.3 is 0 Å². The quantitative estimate of drug-likeness (QED) is 0.782. The fourth-order valence-corrected chi connectivity index (χ4v) is 3.14. The number of benzene rings is 1. The second kappa shape index (κ2) is 5.03. The van der Waals surface area contributed by atoms with Gasteiger partial charge in [0.05, 0.1) is 0 Å². The van der Waals surface area contributed by atoms with Crippen molar-refractivity contribution in [1.82, 2.24) is 0 Å². The lowest BCUT2D eigenvalue weighted by Gasteiger charge is -2.38. The fourth-order valence-electron chi connectivity index (χ4n) is 3.14. The molecule has 0 aliphatic heterocycles. The Balaban J connectivity index is 2.36. The summed E-state index contributed by atoms with van der Waals surface area (Å²) in [5, 5.41) is 0. The lowest BCUT2D eigenvalue weighted by Crippen LogP contribution is -2.39. The first-order valence-corrected chi connectivity index (χ1v) is 6.80. The van der Waals surface area contributed by atoms with Crippen LogP contribution >= 0.6 is 0 Å². The second-order valence-corrected chi connectivity index (χ2v) is 6.25. The Kier molecular flexibility index (Phi) is 3.75. The molecule has 3 heteroatoms. The van der Waals surface area contributed by atoms with Crippen LogP contribution in [0, 0.1) is 23.5 Å². The summed E-state index contributed by atoms with van der Waals surface area (Å²) >= 11 is 0. The van der Waals surface area contributed by atoms with Crippen molar-refractivity contribution in [1.29, 1.82) is 0 Å². The molecule has 0 spiro atoms. The first-order chi connectivity index (χ1) is 8.82. The van der Waals surface area contributed by atoms with E-state index in [0.29, 0.717) is 17.9 Å². The third-order valence-electron chi connectivity index (χ3n) is 4.38. The molecule has 1 nitrogen and oxygen atoms in total. The number of halogens is 2. The van der Waals surface area contributed by atoms with Gasteiger partial charge in [0.1, 0.15) is 17.4 Å². The van der Waals surface area contributed by atoms with Crippen LogP contribution < -0.4 is 0 Å². The van der Waals surface area contributed by atoms with Crippen molar-refractivity contribution in [2.24, 2.45) is 11.8 Å². The van der Waals surface area contributed by atoms with E-state index in [1.165, 1.54) is 6.07 Å². The van der Waals surface area contributed by atoms with E-state index in [4.69, 9.17) is 0 Å². The van der Waals surface area contributed by atoms with Gasteiger partial charge in [0.25, 0.3) is 0 Å². The Morgan fingerprint density at radius 2 is 1.89 bits per heavy atom. The molecular weight excluding hydrogens is 246 g/mol. The van der Waals surface area contributed by atoms with E-state index in [2.05, 4.69) is 6.92 Å². The number of hydrogen-bond donors (Lipinski definition) is 0. The Morgan fingerprint density at radius 3 is 2.53 bits per heavy atom. The van der Waals surface area contributed by atoms with Crippen molar-refractivity contribution in [3.63, 3.8) is 0 Å². The van der Waals surface area contributed by atoms with E-state index in [-0.39, 0.29) is 11.7 Å². The van der Waals surface area contributed by atoms with Crippen molar-refractivity contribution < 1.29 is 13.6 Å². The number of Topliss-reactive ketones (excluding diaryl/α,β-unsaturated/α-hetero) is 1. The minimum atomic E-state index is -0.663. The van der Waals surface area contributed by atoms with Crippen molar-refractivity contribution in [3.8, 4) is 0 Å². The maximum atomic E-state index is 13.9. The van der Waals surface area contributed by atoms with E-state index < -0.39 is 17.0 Å². The summed E-state index contributed by atoms with van der Waals surface area (Å²) in [5.74, 6) is -0.539. The molecule has 2 atom stereocenters. The van der Waals surface area contributed by atoms with Gasteiger partial charge in [0, 0.05) is 17.8 Å². The molecule has 2 unspecified atom stereocenters. The highest BCUT2D eigenvalue weighted by molar-refractivity contribution is 5.83. The van der Waals surface area contributed by atoms with Crippen molar-refractivity contribution >= 4 is 5.78 Å². The molecule has 1 saturated carbocycles. The highest BCUT2D eigenvalue weighted by atomic mass is 19.1. The average Bonchev–Trinajstić information content (AvgIpc) is 2.31. The highest BCUT2D eigenvalue weighted by Gasteiger charge is 2.40. The van der Waals surface area contributed by atoms with Gasteiger partial charge >= 0.3 is 0 Å². The van der Waals surface area contributed by atoms with Crippen molar-refractivity contribution in [2.75, 3.05) is 0 Å². The first kappa shape index (κ1) is 14.2. The van der Waals surface area contributed by atoms with E-state index in [1.54, 1.807) is 0 Å². The number of carbonyl (C=O) groups excluding carboxylic acids is 1. The number of rotatable bonds is 2. The maximum Gasteiger partial charge on any atom is 0.137 e. The Hall–Kier alpha value is -1.25. The number of carbonyl (C=O) groups is 1. The molecule has 1 aromatic carbocycles. The van der Waals surface area contributed by atoms with Gasteiger partial charge in [-0.3, -0.25) is 4.79 Å². The predicted octanol–water partition coefficient (Wildman–Crippen LogP) is 4.25. The van der Waals surface area contributed by atoms with Gasteiger partial charge in [-0.05, 0) is 42.5 Å². The lowest BCUT2D eigenvalue weighted by molar-refractivity contribution is -0.128. The van der Waals surface area contributed by atoms with Gasteiger partial charge in [0.15, 0.2) is 0 Å². The number of ketones is 1. The molecule has 1 aromatic rings. The SMILES string of the molecule is CC1CCC(C(C)(C)c2cc(F)ccc2F)C(=O)C1. The molecule has 0 bridgehead atoms. The normalized spacial score (nSPS) is 24.6. The van der Waals surface area contributed by atoms with Crippen LogP contribution in [0.2, 0.25) is 0 Å². The predicted molar refractivity (Wildman–Crippen MR) is 70.9 cm³/mol. The van der Waals surface area contributed by atoms with Gasteiger partial charge in [-0.2, -0.15) is 0 Å². The summed E-state index contributed by atoms with van der Waals surface area (Å²) < 4.78 is 27.3. The van der Waals surface area contributed by atoms with Crippen LogP contribution in [-0.2, 0) is 10.2 Å². The van der Waals surface area contributed by atoms with E-state index in [0.717, 1.165) is 25.0 Å². The van der Waals surface area contributed by atoms with Gasteiger partial charge in [-0.15, -0.1) is 0 Å². The maximum absolute atomic E-state index is 13.9. The molecule has 0 radical (unpaired) electrons. The van der Waals surface area contributed by atoms with Crippen LogP contribution in [0.15, 0.2) is 18.2 Å². The van der Waals surface area contributed by atoms with Crippen LogP contribution in [0.25, 0.3) is 0 Å². The molecular formula is C16H20F2O. The zero-order valence-corrected chi connectivity index (χ0v) is 11.7. The largest absolute Gasteiger partial charge is 0.299 e. The first-order valence-electron chi connectivity index (χ1n) is 6.80. The summed E-state index contributed by atoms with van der Waals surface area (Å²) in [6.45, 7) is 5.73. The molecule has 0 heterocycles. The molecule has 0 aromatic heterocycles. The van der Waals surface area contributed by atoms with E-state index >= 15 is 0 Å². The molecule has 1 aliphatic carbocycles. The van der Waals surface area contributed by atoms with Crippen LogP contribution in [0.3, 0.4) is 0 Å². The molecule has 104 valence electrons. The zero-order chi connectivity index (χ0) is 14.2. The summed E-state index contributed by atoms with van der Waals surface area (Å²) in [7, 11) is 0. The molecule has 1 fully saturated rings. The number of hydrogen-bond acceptors (Lipinski definition) is 1. The molecule has 1 aliphatic rings. The third kappa shape index (κ3) is 2.70. The average molecular weight is 266 g/mol. The highest BCUT2D eigenvalue weighted by Crippen LogP contribution is 2.41. The fraction of sp³-hybridized carbons (Fsp3) is 0.562.